The number of aliphatic hydroxyl groups is 1. The van der Waals surface area contributed by atoms with Crippen molar-refractivity contribution in [3.05, 3.63) is 6.33 Å². The minimum atomic E-state index is 0. The molecule has 0 atom stereocenters. The van der Waals surface area contributed by atoms with Crippen LogP contribution in [-0.2, 0) is 0 Å². The van der Waals surface area contributed by atoms with Crippen molar-refractivity contribution in [2.24, 2.45) is 0 Å². The lowest BCUT2D eigenvalue weighted by Crippen LogP contribution is -2.16. The highest BCUT2D eigenvalue weighted by molar-refractivity contribution is 5.93. The molecule has 9 heteroatoms. The quantitative estimate of drug-likeness (QED) is 0.622. The van der Waals surface area contributed by atoms with Crippen LogP contribution in [0.4, 0.5) is 17.6 Å². The largest absolute Gasteiger partial charge is 0.396 e. The summed E-state index contributed by atoms with van der Waals surface area (Å²) in [6.45, 7) is 3.68. The average Bonchev–Trinajstić information content (AvgIpc) is 2.52. The fourth-order valence-electron chi connectivity index (χ4n) is 1.92. The summed E-state index contributed by atoms with van der Waals surface area (Å²) in [5.74, 6) is 1.97. The van der Waals surface area contributed by atoms with Crippen LogP contribution in [0, 0.1) is 0 Å². The van der Waals surface area contributed by atoms with Gasteiger partial charge < -0.3 is 20.6 Å². The van der Waals surface area contributed by atoms with Gasteiger partial charge >= 0.3 is 0 Å². The van der Waals surface area contributed by atoms with E-state index >= 15 is 0 Å². The predicted octanol–water partition coefficient (Wildman–Crippen LogP) is 1.52. The lowest BCUT2D eigenvalue weighted by atomic mass is 10.3. The standard InChI is InChI=1S/C14H23N7O.ClH/c1-4-6-15-13-10-11(19-14(20-13)21(2)3)12(18-9-17-10)16-7-5-8-22;/h9,22H,4-8H2,1-3H3,(H,15,19,20)(H,16,17,18);1H. The number of aromatic nitrogens is 4. The predicted molar refractivity (Wildman–Crippen MR) is 95.7 cm³/mol. The molecule has 0 bridgehead atoms. The number of halogens is 1. The first-order chi connectivity index (χ1) is 10.7. The zero-order valence-corrected chi connectivity index (χ0v) is 14.5. The normalized spacial score (nSPS) is 10.3. The Labute approximate surface area is 142 Å². The van der Waals surface area contributed by atoms with Crippen LogP contribution >= 0.6 is 12.4 Å². The molecule has 2 aromatic rings. The maximum Gasteiger partial charge on any atom is 0.227 e. The lowest BCUT2D eigenvalue weighted by molar-refractivity contribution is 0.292. The van der Waals surface area contributed by atoms with Gasteiger partial charge in [-0.05, 0) is 12.8 Å². The SMILES string of the molecule is CCCNc1nc(N(C)C)nc2c(NCCCO)ncnc12.Cl. The molecule has 2 heterocycles. The van der Waals surface area contributed by atoms with Gasteiger partial charge in [0.15, 0.2) is 11.6 Å². The van der Waals surface area contributed by atoms with E-state index in [1.165, 1.54) is 6.33 Å². The summed E-state index contributed by atoms with van der Waals surface area (Å²) in [5, 5.41) is 15.4. The molecule has 8 nitrogen and oxygen atoms in total. The van der Waals surface area contributed by atoms with Crippen LogP contribution in [0.2, 0.25) is 0 Å². The van der Waals surface area contributed by atoms with E-state index in [0.29, 0.717) is 41.6 Å². The van der Waals surface area contributed by atoms with Crippen LogP contribution in [0.3, 0.4) is 0 Å². The molecule has 128 valence electrons. The molecule has 0 unspecified atom stereocenters. The van der Waals surface area contributed by atoms with E-state index in [4.69, 9.17) is 5.11 Å². The number of anilines is 3. The first-order valence-electron chi connectivity index (χ1n) is 7.46. The summed E-state index contributed by atoms with van der Waals surface area (Å²) in [7, 11) is 3.79. The van der Waals surface area contributed by atoms with Gasteiger partial charge in [-0.2, -0.15) is 4.98 Å². The van der Waals surface area contributed by atoms with Gasteiger partial charge in [-0.1, -0.05) is 6.92 Å². The second-order valence-corrected chi connectivity index (χ2v) is 5.12. The zero-order chi connectivity index (χ0) is 15.9. The van der Waals surface area contributed by atoms with E-state index in [-0.39, 0.29) is 19.0 Å². The molecule has 2 aromatic heterocycles. The Morgan fingerprint density at radius 3 is 2.43 bits per heavy atom. The molecule has 0 spiro atoms. The van der Waals surface area contributed by atoms with Gasteiger partial charge in [-0.15, -0.1) is 12.4 Å². The van der Waals surface area contributed by atoms with Crippen molar-refractivity contribution in [1.82, 2.24) is 19.9 Å². The molecular weight excluding hydrogens is 318 g/mol. The molecule has 0 amide bonds. The minimum Gasteiger partial charge on any atom is -0.396 e. The van der Waals surface area contributed by atoms with Crippen molar-refractivity contribution >= 4 is 41.0 Å². The topological polar surface area (TPSA) is 99.1 Å². The van der Waals surface area contributed by atoms with Crippen molar-refractivity contribution in [3.63, 3.8) is 0 Å². The van der Waals surface area contributed by atoms with Crippen LogP contribution in [0.5, 0.6) is 0 Å². The fraction of sp³-hybridized carbons (Fsp3) is 0.571. The van der Waals surface area contributed by atoms with E-state index in [9.17, 15) is 0 Å². The molecule has 3 N–H and O–H groups in total. The number of hydrogen-bond acceptors (Lipinski definition) is 8. The summed E-state index contributed by atoms with van der Waals surface area (Å²) in [6.07, 6.45) is 3.15. The van der Waals surface area contributed by atoms with Crippen LogP contribution < -0.4 is 15.5 Å². The monoisotopic (exact) mass is 341 g/mol. The Morgan fingerprint density at radius 2 is 1.78 bits per heavy atom. The van der Waals surface area contributed by atoms with Crippen molar-refractivity contribution in [3.8, 4) is 0 Å². The summed E-state index contributed by atoms with van der Waals surface area (Å²) in [5.41, 5.74) is 1.37. The van der Waals surface area contributed by atoms with Gasteiger partial charge in [0, 0.05) is 33.8 Å². The number of aliphatic hydroxyl groups excluding tert-OH is 1. The van der Waals surface area contributed by atoms with Crippen molar-refractivity contribution in [2.75, 3.05) is 49.3 Å². The molecule has 0 saturated heterocycles. The van der Waals surface area contributed by atoms with E-state index in [2.05, 4.69) is 37.5 Å². The first kappa shape index (κ1) is 19.1. The molecule has 0 radical (unpaired) electrons. The Bertz CT molecular complexity index is 623. The Morgan fingerprint density at radius 1 is 1.04 bits per heavy atom. The lowest BCUT2D eigenvalue weighted by Gasteiger charge is -2.15. The molecule has 0 aromatic carbocycles. The number of hydrogen-bond donors (Lipinski definition) is 3. The Balaban J connectivity index is 0.00000264. The van der Waals surface area contributed by atoms with Crippen LogP contribution in [-0.4, -0.2) is 58.8 Å². The highest BCUT2D eigenvalue weighted by atomic mass is 35.5. The minimum absolute atomic E-state index is 0. The summed E-state index contributed by atoms with van der Waals surface area (Å²) >= 11 is 0. The van der Waals surface area contributed by atoms with Crippen LogP contribution in [0.15, 0.2) is 6.33 Å². The van der Waals surface area contributed by atoms with E-state index in [1.54, 1.807) is 0 Å². The third kappa shape index (κ3) is 4.77. The van der Waals surface area contributed by atoms with Gasteiger partial charge in [0.1, 0.15) is 17.4 Å². The highest BCUT2D eigenvalue weighted by Crippen LogP contribution is 2.25. The molecule has 0 aliphatic heterocycles. The van der Waals surface area contributed by atoms with Crippen LogP contribution in [0.1, 0.15) is 19.8 Å². The molecule has 23 heavy (non-hydrogen) atoms. The van der Waals surface area contributed by atoms with E-state index in [0.717, 1.165) is 13.0 Å². The fourth-order valence-corrected chi connectivity index (χ4v) is 1.92. The highest BCUT2D eigenvalue weighted by Gasteiger charge is 2.14. The third-order valence-electron chi connectivity index (χ3n) is 3.04. The smallest absolute Gasteiger partial charge is 0.227 e. The molecule has 0 aliphatic rings. The number of fused-ring (bicyclic) bond motifs is 1. The zero-order valence-electron chi connectivity index (χ0n) is 13.7. The van der Waals surface area contributed by atoms with Crippen molar-refractivity contribution < 1.29 is 5.11 Å². The van der Waals surface area contributed by atoms with Gasteiger partial charge in [0.25, 0.3) is 0 Å². The number of nitrogens with zero attached hydrogens (tertiary/aromatic N) is 5. The molecule has 0 aliphatic carbocycles. The first-order valence-corrected chi connectivity index (χ1v) is 7.46. The van der Waals surface area contributed by atoms with Crippen LogP contribution in [0.25, 0.3) is 11.0 Å². The maximum atomic E-state index is 8.90. The summed E-state index contributed by atoms with van der Waals surface area (Å²) < 4.78 is 0. The second kappa shape index (κ2) is 9.26. The molecule has 2 rings (SSSR count). The summed E-state index contributed by atoms with van der Waals surface area (Å²) in [4.78, 5) is 19.5. The molecule has 0 fully saturated rings. The van der Waals surface area contributed by atoms with Gasteiger partial charge in [-0.25, -0.2) is 15.0 Å². The average molecular weight is 342 g/mol. The van der Waals surface area contributed by atoms with Gasteiger partial charge in [-0.3, -0.25) is 0 Å². The third-order valence-corrected chi connectivity index (χ3v) is 3.04. The van der Waals surface area contributed by atoms with Crippen molar-refractivity contribution in [2.45, 2.75) is 19.8 Å². The van der Waals surface area contributed by atoms with E-state index < -0.39 is 0 Å². The van der Waals surface area contributed by atoms with Gasteiger partial charge in [0.2, 0.25) is 5.95 Å². The Hall–Kier alpha value is -1.93. The molecule has 0 saturated carbocycles. The Kier molecular flexibility index (Phi) is 7.70. The van der Waals surface area contributed by atoms with Crippen molar-refractivity contribution in [1.29, 1.82) is 0 Å². The second-order valence-electron chi connectivity index (χ2n) is 5.12. The number of nitrogens with one attached hydrogen (secondary N) is 2. The van der Waals surface area contributed by atoms with Gasteiger partial charge in [0.05, 0.1) is 0 Å². The summed E-state index contributed by atoms with van der Waals surface area (Å²) in [6, 6.07) is 0. The maximum absolute atomic E-state index is 8.90. The van der Waals surface area contributed by atoms with E-state index in [1.807, 2.05) is 19.0 Å². The number of rotatable bonds is 8. The molecular formula is C14H24ClN7O.